The lowest BCUT2D eigenvalue weighted by Gasteiger charge is -2.32. The predicted octanol–water partition coefficient (Wildman–Crippen LogP) is 2.31. The number of hydrogen-bond acceptors (Lipinski definition) is 6. The van der Waals surface area contributed by atoms with Gasteiger partial charge in [0.2, 0.25) is 0 Å². The Kier molecular flexibility index (Phi) is 7.06. The highest BCUT2D eigenvalue weighted by Crippen LogP contribution is 2.36. The molecule has 2 aromatic rings. The van der Waals surface area contributed by atoms with Gasteiger partial charge in [-0.25, -0.2) is 4.79 Å². The molecule has 31 heavy (non-hydrogen) atoms. The van der Waals surface area contributed by atoms with Crippen LogP contribution in [0, 0.1) is 0 Å². The second-order valence-corrected chi connectivity index (χ2v) is 8.71. The lowest BCUT2D eigenvalue weighted by Crippen LogP contribution is -2.41. The highest BCUT2D eigenvalue weighted by molar-refractivity contribution is 6.62. The fourth-order valence-corrected chi connectivity index (χ4v) is 3.16. The Labute approximate surface area is 183 Å². The Morgan fingerprint density at radius 1 is 1.03 bits per heavy atom. The SMILES string of the molecule is CC1(C)OB(c2cccc(C(O)C(O)CNC(=O)OCc3ccccc3)c2)OC1(C)C. The fraction of sp³-hybridized carbons (Fsp3) is 0.435. The Morgan fingerprint density at radius 2 is 1.68 bits per heavy atom. The van der Waals surface area contributed by atoms with Gasteiger partial charge in [0, 0.05) is 6.54 Å². The molecule has 0 aromatic heterocycles. The lowest BCUT2D eigenvalue weighted by atomic mass is 9.78. The summed E-state index contributed by atoms with van der Waals surface area (Å²) >= 11 is 0. The number of hydrogen-bond donors (Lipinski definition) is 3. The van der Waals surface area contributed by atoms with Crippen LogP contribution < -0.4 is 10.8 Å². The smallest absolute Gasteiger partial charge is 0.445 e. The predicted molar refractivity (Wildman–Crippen MR) is 118 cm³/mol. The summed E-state index contributed by atoms with van der Waals surface area (Å²) in [4.78, 5) is 11.9. The highest BCUT2D eigenvalue weighted by atomic mass is 16.7. The van der Waals surface area contributed by atoms with Crippen LogP contribution in [-0.2, 0) is 20.7 Å². The van der Waals surface area contributed by atoms with E-state index in [2.05, 4.69) is 5.32 Å². The molecule has 1 aliphatic rings. The summed E-state index contributed by atoms with van der Waals surface area (Å²) in [7, 11) is -0.569. The largest absolute Gasteiger partial charge is 0.494 e. The van der Waals surface area contributed by atoms with Crippen LogP contribution in [0.5, 0.6) is 0 Å². The van der Waals surface area contributed by atoms with E-state index in [1.807, 2.05) is 64.1 Å². The zero-order chi connectivity index (χ0) is 22.6. The molecule has 1 saturated heterocycles. The van der Waals surface area contributed by atoms with Crippen molar-refractivity contribution >= 4 is 18.7 Å². The summed E-state index contributed by atoms with van der Waals surface area (Å²) in [6.07, 6.45) is -3.07. The summed E-state index contributed by atoms with van der Waals surface area (Å²) in [5.41, 5.74) is 1.15. The van der Waals surface area contributed by atoms with Gasteiger partial charge in [-0.05, 0) is 44.3 Å². The third-order valence-corrected chi connectivity index (χ3v) is 5.81. The van der Waals surface area contributed by atoms with Crippen molar-refractivity contribution in [2.75, 3.05) is 6.54 Å². The molecule has 0 aliphatic carbocycles. The van der Waals surface area contributed by atoms with Gasteiger partial charge in [0.05, 0.1) is 11.2 Å². The van der Waals surface area contributed by atoms with E-state index in [0.717, 1.165) is 11.0 Å². The minimum atomic E-state index is -1.21. The fourth-order valence-electron chi connectivity index (χ4n) is 3.16. The van der Waals surface area contributed by atoms with E-state index in [0.29, 0.717) is 5.56 Å². The Bertz CT molecular complexity index is 873. The molecular weight excluding hydrogens is 397 g/mol. The van der Waals surface area contributed by atoms with Crippen LogP contribution >= 0.6 is 0 Å². The highest BCUT2D eigenvalue weighted by Gasteiger charge is 2.51. The molecule has 8 heteroatoms. The number of benzene rings is 2. The molecular formula is C23H30BNO6. The van der Waals surface area contributed by atoms with Crippen molar-refractivity contribution in [3.05, 3.63) is 65.7 Å². The van der Waals surface area contributed by atoms with Gasteiger partial charge in [-0.15, -0.1) is 0 Å². The topological polar surface area (TPSA) is 97.2 Å². The van der Waals surface area contributed by atoms with Crippen molar-refractivity contribution in [1.29, 1.82) is 0 Å². The monoisotopic (exact) mass is 427 g/mol. The molecule has 2 aromatic carbocycles. The molecule has 166 valence electrons. The molecule has 2 atom stereocenters. The standard InChI is InChI=1S/C23H30BNO6/c1-22(2)23(3,4)31-24(30-22)18-12-8-11-17(13-18)20(27)19(26)14-25-21(28)29-15-16-9-6-5-7-10-16/h5-13,19-20,26-27H,14-15H2,1-4H3,(H,25,28). The third-order valence-electron chi connectivity index (χ3n) is 5.81. The van der Waals surface area contributed by atoms with E-state index in [-0.39, 0.29) is 13.2 Å². The van der Waals surface area contributed by atoms with Gasteiger partial charge in [0.15, 0.2) is 0 Å². The van der Waals surface area contributed by atoms with Crippen LogP contribution in [0.15, 0.2) is 54.6 Å². The van der Waals surface area contributed by atoms with E-state index >= 15 is 0 Å². The summed E-state index contributed by atoms with van der Waals surface area (Å²) in [5, 5.41) is 23.4. The maximum absolute atomic E-state index is 11.9. The minimum absolute atomic E-state index is 0.126. The second kappa shape index (κ2) is 9.40. The number of alkyl carbamates (subject to hydrolysis) is 1. The van der Waals surface area contributed by atoms with Crippen LogP contribution in [0.1, 0.15) is 44.9 Å². The van der Waals surface area contributed by atoms with Crippen molar-refractivity contribution < 1.29 is 29.1 Å². The minimum Gasteiger partial charge on any atom is -0.445 e. The third kappa shape index (κ3) is 5.65. The molecule has 7 nitrogen and oxygen atoms in total. The quantitative estimate of drug-likeness (QED) is 0.587. The zero-order valence-corrected chi connectivity index (χ0v) is 18.4. The van der Waals surface area contributed by atoms with Gasteiger partial charge in [-0.3, -0.25) is 0 Å². The number of amides is 1. The van der Waals surface area contributed by atoms with Crippen molar-refractivity contribution in [3.63, 3.8) is 0 Å². The van der Waals surface area contributed by atoms with E-state index in [1.165, 1.54) is 0 Å². The van der Waals surface area contributed by atoms with Gasteiger partial charge in [0.1, 0.15) is 18.8 Å². The second-order valence-electron chi connectivity index (χ2n) is 8.71. The lowest BCUT2D eigenvalue weighted by molar-refractivity contribution is 0.00578. The van der Waals surface area contributed by atoms with Gasteiger partial charge in [-0.1, -0.05) is 54.6 Å². The first-order valence-electron chi connectivity index (χ1n) is 10.4. The number of ether oxygens (including phenoxy) is 1. The summed E-state index contributed by atoms with van der Waals surface area (Å²) in [6.45, 7) is 7.85. The van der Waals surface area contributed by atoms with Gasteiger partial charge in [-0.2, -0.15) is 0 Å². The average Bonchev–Trinajstić information content (AvgIpc) is 2.97. The van der Waals surface area contributed by atoms with E-state index in [1.54, 1.807) is 18.2 Å². The molecule has 0 radical (unpaired) electrons. The van der Waals surface area contributed by atoms with Gasteiger partial charge in [0.25, 0.3) is 0 Å². The van der Waals surface area contributed by atoms with Crippen LogP contribution in [0.3, 0.4) is 0 Å². The van der Waals surface area contributed by atoms with E-state index < -0.39 is 36.6 Å². The van der Waals surface area contributed by atoms with Gasteiger partial charge >= 0.3 is 13.2 Å². The first kappa shape index (κ1) is 23.3. The molecule has 1 aliphatic heterocycles. The molecule has 1 heterocycles. The molecule has 1 amide bonds. The number of carbonyl (C=O) groups excluding carboxylic acids is 1. The van der Waals surface area contributed by atoms with Crippen LogP contribution in [-0.4, -0.2) is 47.3 Å². The van der Waals surface area contributed by atoms with Crippen LogP contribution in [0.4, 0.5) is 4.79 Å². The normalized spacial score (nSPS) is 19.0. The molecule has 0 bridgehead atoms. The number of nitrogens with one attached hydrogen (secondary N) is 1. The molecule has 0 saturated carbocycles. The van der Waals surface area contributed by atoms with Gasteiger partial charge < -0.3 is 29.6 Å². The summed E-state index contributed by atoms with van der Waals surface area (Å²) in [6, 6.07) is 16.3. The van der Waals surface area contributed by atoms with Crippen LogP contribution in [0.25, 0.3) is 0 Å². The maximum atomic E-state index is 11.9. The first-order valence-corrected chi connectivity index (χ1v) is 10.4. The molecule has 2 unspecified atom stereocenters. The van der Waals surface area contributed by atoms with Crippen LogP contribution in [0.2, 0.25) is 0 Å². The van der Waals surface area contributed by atoms with E-state index in [9.17, 15) is 15.0 Å². The molecule has 1 fully saturated rings. The Morgan fingerprint density at radius 3 is 2.32 bits per heavy atom. The Balaban J connectivity index is 1.54. The summed E-state index contributed by atoms with van der Waals surface area (Å²) in [5.74, 6) is 0. The zero-order valence-electron chi connectivity index (χ0n) is 18.4. The number of aliphatic hydroxyl groups is 2. The van der Waals surface area contributed by atoms with Crippen molar-refractivity contribution in [3.8, 4) is 0 Å². The molecule has 3 N–H and O–H groups in total. The number of carbonyl (C=O) groups is 1. The Hall–Kier alpha value is -2.39. The average molecular weight is 427 g/mol. The van der Waals surface area contributed by atoms with Crippen molar-refractivity contribution in [1.82, 2.24) is 5.32 Å². The molecule has 3 rings (SSSR count). The first-order chi connectivity index (χ1) is 14.6. The van der Waals surface area contributed by atoms with Crippen molar-refractivity contribution in [2.24, 2.45) is 0 Å². The van der Waals surface area contributed by atoms with E-state index in [4.69, 9.17) is 14.0 Å². The summed E-state index contributed by atoms with van der Waals surface area (Å²) < 4.78 is 17.2. The molecule has 0 spiro atoms. The number of rotatable bonds is 7. The van der Waals surface area contributed by atoms with Crippen molar-refractivity contribution in [2.45, 2.75) is 57.7 Å². The number of aliphatic hydroxyl groups excluding tert-OH is 2. The maximum Gasteiger partial charge on any atom is 0.494 e.